The Kier molecular flexibility index (Phi) is 4.25. The van der Waals surface area contributed by atoms with E-state index in [1.165, 1.54) is 4.57 Å². The predicted molar refractivity (Wildman–Crippen MR) is 84.2 cm³/mol. The van der Waals surface area contributed by atoms with E-state index in [2.05, 4.69) is 15.9 Å². The molecule has 0 bridgehead atoms. The highest BCUT2D eigenvalue weighted by Gasteiger charge is 2.20. The van der Waals surface area contributed by atoms with Crippen LogP contribution in [0.3, 0.4) is 0 Å². The van der Waals surface area contributed by atoms with Crippen LogP contribution < -0.4 is 0 Å². The molecule has 0 radical (unpaired) electrons. The normalized spacial score (nSPS) is 11.4. The lowest BCUT2D eigenvalue weighted by molar-refractivity contribution is 0.0540. The summed E-state index contributed by atoms with van der Waals surface area (Å²) in [4.78, 5) is 12.2. The van der Waals surface area contributed by atoms with E-state index >= 15 is 0 Å². The largest absolute Gasteiger partial charge is 0.443 e. The first-order chi connectivity index (χ1) is 9.26. The molecule has 5 heteroatoms. The number of aromatic nitrogens is 1. The van der Waals surface area contributed by atoms with Crippen molar-refractivity contribution >= 4 is 33.6 Å². The minimum absolute atomic E-state index is 0.409. The molecule has 0 aliphatic carbocycles. The summed E-state index contributed by atoms with van der Waals surface area (Å²) in [6.45, 7) is 5.52. The first-order valence-electron chi connectivity index (χ1n) is 6.13. The first kappa shape index (κ1) is 15.1. The zero-order valence-corrected chi connectivity index (χ0v) is 13.8. The summed E-state index contributed by atoms with van der Waals surface area (Å²) in [5, 5.41) is 0.656. The number of rotatable bonds is 1. The number of ether oxygens (including phenoxy) is 1. The molecule has 0 aliphatic heterocycles. The summed E-state index contributed by atoms with van der Waals surface area (Å²) < 4.78 is 7.70. The van der Waals surface area contributed by atoms with Crippen LogP contribution in [-0.2, 0) is 4.74 Å². The molecule has 0 N–H and O–H groups in total. The van der Waals surface area contributed by atoms with Crippen molar-refractivity contribution in [2.24, 2.45) is 0 Å². The van der Waals surface area contributed by atoms with Gasteiger partial charge in [-0.1, -0.05) is 23.7 Å². The molecule has 0 aliphatic rings. The van der Waals surface area contributed by atoms with Gasteiger partial charge in [0.2, 0.25) is 0 Å². The van der Waals surface area contributed by atoms with Gasteiger partial charge < -0.3 is 4.74 Å². The smallest absolute Gasteiger partial charge is 0.419 e. The van der Waals surface area contributed by atoms with Crippen molar-refractivity contribution in [1.29, 1.82) is 0 Å². The van der Waals surface area contributed by atoms with E-state index in [0.29, 0.717) is 5.02 Å². The van der Waals surface area contributed by atoms with E-state index in [4.69, 9.17) is 16.3 Å². The lowest BCUT2D eigenvalue weighted by Gasteiger charge is -2.20. The molecule has 106 valence electrons. The van der Waals surface area contributed by atoms with Gasteiger partial charge in [-0.3, -0.25) is 4.57 Å². The monoisotopic (exact) mass is 355 g/mol. The third-order valence-corrected chi connectivity index (χ3v) is 3.20. The number of carbonyl (C=O) groups excluding carboxylic acids is 1. The maximum Gasteiger partial charge on any atom is 0.419 e. The van der Waals surface area contributed by atoms with Crippen LogP contribution in [0, 0.1) is 0 Å². The Labute approximate surface area is 131 Å². The van der Waals surface area contributed by atoms with Crippen LogP contribution in [-0.4, -0.2) is 16.3 Å². The number of nitrogens with zero attached hydrogens (tertiary/aromatic N) is 1. The van der Waals surface area contributed by atoms with Gasteiger partial charge in [-0.2, -0.15) is 0 Å². The average Bonchev–Trinajstić information content (AvgIpc) is 2.70. The highest BCUT2D eigenvalue weighted by molar-refractivity contribution is 9.10. The third kappa shape index (κ3) is 3.64. The van der Waals surface area contributed by atoms with Crippen molar-refractivity contribution in [3.63, 3.8) is 0 Å². The minimum atomic E-state index is -0.537. The zero-order chi connectivity index (χ0) is 14.9. The number of carbonyl (C=O) groups is 1. The third-order valence-electron chi connectivity index (χ3n) is 2.52. The Balaban J connectivity index is 2.40. The van der Waals surface area contributed by atoms with E-state index in [9.17, 15) is 4.79 Å². The molecular weight excluding hydrogens is 342 g/mol. The highest BCUT2D eigenvalue weighted by atomic mass is 79.9. The molecule has 3 nitrogen and oxygen atoms in total. The SMILES string of the molecule is CC(C)(C)OC(=O)n1cc(Br)cc1-c1ccc(Cl)cc1. The highest BCUT2D eigenvalue weighted by Crippen LogP contribution is 2.27. The van der Waals surface area contributed by atoms with Crippen molar-refractivity contribution in [2.75, 3.05) is 0 Å². The van der Waals surface area contributed by atoms with Gasteiger partial charge in [0.1, 0.15) is 5.60 Å². The molecular formula is C15H15BrClNO2. The summed E-state index contributed by atoms with van der Waals surface area (Å²) in [6, 6.07) is 9.18. The molecule has 1 aromatic carbocycles. The Hall–Kier alpha value is -1.26. The van der Waals surface area contributed by atoms with Gasteiger partial charge >= 0.3 is 6.09 Å². The average molecular weight is 357 g/mol. The first-order valence-corrected chi connectivity index (χ1v) is 7.30. The molecule has 0 saturated carbocycles. The van der Waals surface area contributed by atoms with Crippen LogP contribution in [0.4, 0.5) is 4.79 Å². The summed E-state index contributed by atoms with van der Waals surface area (Å²) in [6.07, 6.45) is 1.28. The van der Waals surface area contributed by atoms with Crippen LogP contribution in [0.5, 0.6) is 0 Å². The molecule has 0 amide bonds. The Morgan fingerprint density at radius 1 is 1.25 bits per heavy atom. The van der Waals surface area contributed by atoms with Gasteiger partial charge in [-0.05, 0) is 60.5 Å². The molecule has 0 unspecified atom stereocenters. The molecule has 20 heavy (non-hydrogen) atoms. The maximum atomic E-state index is 12.2. The van der Waals surface area contributed by atoms with Gasteiger partial charge in [0.25, 0.3) is 0 Å². The standard InChI is InChI=1S/C15H15BrClNO2/c1-15(2,3)20-14(19)18-9-11(16)8-13(18)10-4-6-12(17)7-5-10/h4-9H,1-3H3. The molecule has 0 spiro atoms. The topological polar surface area (TPSA) is 31.2 Å². The molecule has 2 aromatic rings. The van der Waals surface area contributed by atoms with Crippen LogP contribution in [0.1, 0.15) is 20.8 Å². The lowest BCUT2D eigenvalue weighted by atomic mass is 10.1. The van der Waals surface area contributed by atoms with E-state index in [-0.39, 0.29) is 0 Å². The van der Waals surface area contributed by atoms with Crippen LogP contribution in [0.25, 0.3) is 11.3 Å². The van der Waals surface area contributed by atoms with E-state index < -0.39 is 11.7 Å². The van der Waals surface area contributed by atoms with Gasteiger partial charge in [0.15, 0.2) is 0 Å². The maximum absolute atomic E-state index is 12.2. The Morgan fingerprint density at radius 2 is 1.85 bits per heavy atom. The fourth-order valence-electron chi connectivity index (χ4n) is 1.74. The zero-order valence-electron chi connectivity index (χ0n) is 11.5. The lowest BCUT2D eigenvalue weighted by Crippen LogP contribution is -2.27. The fourth-order valence-corrected chi connectivity index (χ4v) is 2.28. The summed E-state index contributed by atoms with van der Waals surface area (Å²) in [5.41, 5.74) is 1.11. The fraction of sp³-hybridized carbons (Fsp3) is 0.267. The number of benzene rings is 1. The summed E-state index contributed by atoms with van der Waals surface area (Å²) >= 11 is 9.27. The molecule has 1 heterocycles. The number of hydrogen-bond donors (Lipinski definition) is 0. The summed E-state index contributed by atoms with van der Waals surface area (Å²) in [7, 11) is 0. The van der Waals surface area contributed by atoms with Gasteiger partial charge in [-0.25, -0.2) is 4.79 Å². The quantitative estimate of drug-likeness (QED) is 0.689. The van der Waals surface area contributed by atoms with E-state index in [1.807, 2.05) is 39.0 Å². The second-order valence-corrected chi connectivity index (χ2v) is 6.75. The van der Waals surface area contributed by atoms with Crippen LogP contribution in [0.15, 0.2) is 41.0 Å². The van der Waals surface area contributed by atoms with E-state index in [1.54, 1.807) is 18.3 Å². The van der Waals surface area contributed by atoms with Crippen LogP contribution >= 0.6 is 27.5 Å². The summed E-state index contributed by atoms with van der Waals surface area (Å²) in [5.74, 6) is 0. The van der Waals surface area contributed by atoms with Crippen molar-refractivity contribution in [3.8, 4) is 11.3 Å². The molecule has 2 rings (SSSR count). The Bertz CT molecular complexity index is 626. The van der Waals surface area contributed by atoms with Crippen molar-refractivity contribution < 1.29 is 9.53 Å². The molecule has 0 fully saturated rings. The van der Waals surface area contributed by atoms with E-state index in [0.717, 1.165) is 15.7 Å². The second kappa shape index (κ2) is 5.62. The Morgan fingerprint density at radius 3 is 2.40 bits per heavy atom. The number of halogens is 2. The van der Waals surface area contributed by atoms with Crippen molar-refractivity contribution in [1.82, 2.24) is 4.57 Å². The molecule has 1 aromatic heterocycles. The number of hydrogen-bond acceptors (Lipinski definition) is 2. The molecule has 0 saturated heterocycles. The van der Waals surface area contributed by atoms with Crippen LogP contribution in [0.2, 0.25) is 5.02 Å². The van der Waals surface area contributed by atoms with Crippen molar-refractivity contribution in [3.05, 3.63) is 46.0 Å². The van der Waals surface area contributed by atoms with Gasteiger partial charge in [-0.15, -0.1) is 0 Å². The van der Waals surface area contributed by atoms with Crippen molar-refractivity contribution in [2.45, 2.75) is 26.4 Å². The molecule has 0 atom stereocenters. The second-order valence-electron chi connectivity index (χ2n) is 5.40. The predicted octanol–water partition coefficient (Wildman–Crippen LogP) is 5.35. The minimum Gasteiger partial charge on any atom is -0.443 e. The van der Waals surface area contributed by atoms with Gasteiger partial charge in [0.05, 0.1) is 5.69 Å². The van der Waals surface area contributed by atoms with Gasteiger partial charge in [0, 0.05) is 15.7 Å².